The first-order valence-corrected chi connectivity index (χ1v) is 8.27. The van der Waals surface area contributed by atoms with Gasteiger partial charge in [0.25, 0.3) is 0 Å². The number of fused-ring (bicyclic) bond motifs is 2. The smallest absolute Gasteiger partial charge is 0.0489 e. The van der Waals surface area contributed by atoms with Gasteiger partial charge in [0.05, 0.1) is 0 Å². The maximum atomic E-state index is 5.70. The molecule has 0 amide bonds. The van der Waals surface area contributed by atoms with Crippen molar-refractivity contribution in [2.24, 2.45) is 5.92 Å². The molecule has 2 aliphatic heterocycles. The van der Waals surface area contributed by atoms with Crippen LogP contribution in [0.3, 0.4) is 0 Å². The Morgan fingerprint density at radius 3 is 2.47 bits per heavy atom. The zero-order valence-corrected chi connectivity index (χ0v) is 13.0. The maximum Gasteiger partial charge on any atom is 0.0489 e. The van der Waals surface area contributed by atoms with Crippen molar-refractivity contribution in [2.75, 3.05) is 26.3 Å². The third kappa shape index (κ3) is 4.44. The minimum atomic E-state index is 0.659. The van der Waals surface area contributed by atoms with Gasteiger partial charge in [0.15, 0.2) is 0 Å². The van der Waals surface area contributed by atoms with Gasteiger partial charge in [0.2, 0.25) is 0 Å². The molecule has 0 aromatic heterocycles. The number of rotatable bonds is 8. The Hall–Kier alpha value is -0.120. The topological polar surface area (TPSA) is 24.5 Å². The fraction of sp³-hybridized carbons (Fsp3) is 1.00. The molecule has 0 saturated carbocycles. The standard InChI is InChI=1S/C16H32N2O/c1-4-17-14-10-15-6-7-16(11-14)18(15)8-5-9-19-12-13(2)3/h13-17H,4-12H2,1-3H3. The zero-order valence-electron chi connectivity index (χ0n) is 13.0. The van der Waals surface area contributed by atoms with E-state index in [4.69, 9.17) is 4.74 Å². The van der Waals surface area contributed by atoms with Gasteiger partial charge in [-0.15, -0.1) is 0 Å². The van der Waals surface area contributed by atoms with Crippen molar-refractivity contribution in [2.45, 2.75) is 71.0 Å². The minimum Gasteiger partial charge on any atom is -0.381 e. The van der Waals surface area contributed by atoms with Gasteiger partial charge in [0.1, 0.15) is 0 Å². The van der Waals surface area contributed by atoms with E-state index in [2.05, 4.69) is 31.0 Å². The molecule has 3 nitrogen and oxygen atoms in total. The molecular formula is C16H32N2O. The van der Waals surface area contributed by atoms with E-state index in [0.717, 1.165) is 37.9 Å². The SMILES string of the molecule is CCNC1CC2CCC(C1)N2CCCOCC(C)C. The molecule has 3 heteroatoms. The Bertz CT molecular complexity index is 243. The second kappa shape index (κ2) is 7.61. The van der Waals surface area contributed by atoms with Crippen LogP contribution in [0.2, 0.25) is 0 Å². The lowest BCUT2D eigenvalue weighted by Crippen LogP contribution is -2.49. The molecule has 0 radical (unpaired) electrons. The summed E-state index contributed by atoms with van der Waals surface area (Å²) in [5.74, 6) is 0.659. The van der Waals surface area contributed by atoms with E-state index < -0.39 is 0 Å². The van der Waals surface area contributed by atoms with Gasteiger partial charge in [-0.05, 0) is 44.6 Å². The third-order valence-corrected chi connectivity index (χ3v) is 4.53. The van der Waals surface area contributed by atoms with Gasteiger partial charge in [-0.3, -0.25) is 4.90 Å². The molecule has 2 heterocycles. The van der Waals surface area contributed by atoms with Gasteiger partial charge in [0, 0.05) is 37.9 Å². The van der Waals surface area contributed by atoms with Crippen molar-refractivity contribution in [3.8, 4) is 0 Å². The van der Waals surface area contributed by atoms with Crippen LogP contribution in [-0.4, -0.2) is 49.3 Å². The van der Waals surface area contributed by atoms with Crippen LogP contribution in [0, 0.1) is 5.92 Å². The van der Waals surface area contributed by atoms with E-state index in [1.54, 1.807) is 0 Å². The molecule has 0 aromatic carbocycles. The normalized spacial score (nSPS) is 31.3. The lowest BCUT2D eigenvalue weighted by Gasteiger charge is -2.39. The monoisotopic (exact) mass is 268 g/mol. The van der Waals surface area contributed by atoms with Crippen LogP contribution < -0.4 is 5.32 Å². The van der Waals surface area contributed by atoms with Crippen LogP contribution in [0.5, 0.6) is 0 Å². The van der Waals surface area contributed by atoms with Crippen molar-refractivity contribution in [3.05, 3.63) is 0 Å². The molecule has 2 rings (SSSR count). The Kier molecular flexibility index (Phi) is 6.11. The number of hydrogen-bond donors (Lipinski definition) is 1. The molecule has 1 N–H and O–H groups in total. The average molecular weight is 268 g/mol. The largest absolute Gasteiger partial charge is 0.381 e. The summed E-state index contributed by atoms with van der Waals surface area (Å²) in [6, 6.07) is 2.46. The quantitative estimate of drug-likeness (QED) is 0.685. The van der Waals surface area contributed by atoms with Gasteiger partial charge in [-0.2, -0.15) is 0 Å². The molecule has 2 atom stereocenters. The maximum absolute atomic E-state index is 5.70. The van der Waals surface area contributed by atoms with Crippen molar-refractivity contribution < 1.29 is 4.74 Å². The fourth-order valence-corrected chi connectivity index (χ4v) is 3.76. The Balaban J connectivity index is 1.65. The summed E-state index contributed by atoms with van der Waals surface area (Å²) in [4.78, 5) is 2.77. The van der Waals surface area contributed by atoms with Gasteiger partial charge >= 0.3 is 0 Å². The minimum absolute atomic E-state index is 0.659. The predicted octanol–water partition coefficient (Wildman–Crippen LogP) is 2.65. The average Bonchev–Trinajstić information content (AvgIpc) is 2.60. The molecule has 2 fully saturated rings. The summed E-state index contributed by atoms with van der Waals surface area (Å²) in [7, 11) is 0. The van der Waals surface area contributed by atoms with Crippen molar-refractivity contribution in [3.63, 3.8) is 0 Å². The molecule has 0 spiro atoms. The lowest BCUT2D eigenvalue weighted by atomic mass is 9.97. The molecular weight excluding hydrogens is 236 g/mol. The summed E-state index contributed by atoms with van der Waals surface area (Å²) in [5, 5.41) is 3.64. The van der Waals surface area contributed by atoms with E-state index in [9.17, 15) is 0 Å². The molecule has 0 aliphatic carbocycles. The highest BCUT2D eigenvalue weighted by molar-refractivity contribution is 4.97. The number of ether oxygens (including phenoxy) is 1. The first kappa shape index (κ1) is 15.3. The Morgan fingerprint density at radius 2 is 1.89 bits per heavy atom. The second-order valence-corrected chi connectivity index (χ2v) is 6.67. The van der Waals surface area contributed by atoms with Crippen LogP contribution in [-0.2, 0) is 4.74 Å². The first-order valence-electron chi connectivity index (χ1n) is 8.27. The summed E-state index contributed by atoms with van der Waals surface area (Å²) >= 11 is 0. The van der Waals surface area contributed by atoms with Crippen LogP contribution in [0.1, 0.15) is 52.9 Å². The Labute approximate surface area is 119 Å². The van der Waals surface area contributed by atoms with Crippen molar-refractivity contribution >= 4 is 0 Å². The summed E-state index contributed by atoms with van der Waals surface area (Å²) in [6.45, 7) is 10.9. The van der Waals surface area contributed by atoms with E-state index >= 15 is 0 Å². The lowest BCUT2D eigenvalue weighted by molar-refractivity contribution is 0.0761. The van der Waals surface area contributed by atoms with Gasteiger partial charge in [-0.25, -0.2) is 0 Å². The molecule has 19 heavy (non-hydrogen) atoms. The van der Waals surface area contributed by atoms with Crippen LogP contribution in [0.15, 0.2) is 0 Å². The predicted molar refractivity (Wildman–Crippen MR) is 80.5 cm³/mol. The molecule has 2 bridgehead atoms. The van der Waals surface area contributed by atoms with Crippen molar-refractivity contribution in [1.29, 1.82) is 0 Å². The molecule has 2 aliphatic rings. The number of piperidine rings is 1. The molecule has 0 aromatic rings. The van der Waals surface area contributed by atoms with Gasteiger partial charge < -0.3 is 10.1 Å². The number of nitrogens with zero attached hydrogens (tertiary/aromatic N) is 1. The fourth-order valence-electron chi connectivity index (χ4n) is 3.76. The second-order valence-electron chi connectivity index (χ2n) is 6.67. The highest BCUT2D eigenvalue weighted by Gasteiger charge is 2.39. The summed E-state index contributed by atoms with van der Waals surface area (Å²) in [6.07, 6.45) is 6.75. The van der Waals surface area contributed by atoms with E-state index in [-0.39, 0.29) is 0 Å². The highest BCUT2D eigenvalue weighted by atomic mass is 16.5. The molecule has 2 saturated heterocycles. The first-order chi connectivity index (χ1) is 9.20. The van der Waals surface area contributed by atoms with E-state index in [0.29, 0.717) is 5.92 Å². The summed E-state index contributed by atoms with van der Waals surface area (Å²) < 4.78 is 5.70. The van der Waals surface area contributed by atoms with Crippen molar-refractivity contribution in [1.82, 2.24) is 10.2 Å². The van der Waals surface area contributed by atoms with Crippen LogP contribution >= 0.6 is 0 Å². The molecule has 2 unspecified atom stereocenters. The molecule has 112 valence electrons. The van der Waals surface area contributed by atoms with Gasteiger partial charge in [-0.1, -0.05) is 20.8 Å². The number of nitrogens with one attached hydrogen (secondary N) is 1. The number of hydrogen-bond acceptors (Lipinski definition) is 3. The van der Waals surface area contributed by atoms with E-state index in [1.165, 1.54) is 38.6 Å². The highest BCUT2D eigenvalue weighted by Crippen LogP contribution is 2.35. The van der Waals surface area contributed by atoms with Crippen LogP contribution in [0.4, 0.5) is 0 Å². The zero-order chi connectivity index (χ0) is 13.7. The summed E-state index contributed by atoms with van der Waals surface area (Å²) in [5.41, 5.74) is 0. The Morgan fingerprint density at radius 1 is 1.21 bits per heavy atom. The van der Waals surface area contributed by atoms with Crippen LogP contribution in [0.25, 0.3) is 0 Å². The third-order valence-electron chi connectivity index (χ3n) is 4.53. The van der Waals surface area contributed by atoms with E-state index in [1.807, 2.05) is 0 Å².